The number of benzene rings is 2. The zero-order valence-electron chi connectivity index (χ0n) is 11.3. The van der Waals surface area contributed by atoms with Crippen LogP contribution in [0.1, 0.15) is 21.5 Å². The lowest BCUT2D eigenvalue weighted by atomic mass is 10.1. The van der Waals surface area contributed by atoms with Gasteiger partial charge in [-0.3, -0.25) is 0 Å². The van der Waals surface area contributed by atoms with E-state index in [1.54, 1.807) is 24.3 Å². The number of rotatable bonds is 4. The predicted octanol–water partition coefficient (Wildman–Crippen LogP) is 3.58. The summed E-state index contributed by atoms with van der Waals surface area (Å²) in [6, 6.07) is 13.8. The number of nitrogens with zero attached hydrogens (tertiary/aromatic N) is 1. The van der Waals surface area contributed by atoms with Crippen molar-refractivity contribution in [2.75, 3.05) is 7.11 Å². The van der Waals surface area contributed by atoms with Crippen LogP contribution in [0.4, 0.5) is 0 Å². The standard InChI is InChI=1S/C16H12ClNO3/c1-20-16(19)12-5-6-15(13(8-12)9-18)21-10-11-3-2-4-14(17)7-11/h2-8H,10H2,1H3. The van der Waals surface area contributed by atoms with E-state index < -0.39 is 5.97 Å². The van der Waals surface area contributed by atoms with Crippen molar-refractivity contribution in [1.82, 2.24) is 0 Å². The highest BCUT2D eigenvalue weighted by Gasteiger charge is 2.10. The summed E-state index contributed by atoms with van der Waals surface area (Å²) in [5, 5.41) is 9.76. The Hall–Kier alpha value is -2.51. The molecular formula is C16H12ClNO3. The van der Waals surface area contributed by atoms with E-state index in [4.69, 9.17) is 21.6 Å². The molecule has 2 aromatic rings. The molecule has 0 heterocycles. The monoisotopic (exact) mass is 301 g/mol. The molecule has 5 heteroatoms. The first-order valence-corrected chi connectivity index (χ1v) is 6.51. The summed E-state index contributed by atoms with van der Waals surface area (Å²) < 4.78 is 10.2. The van der Waals surface area contributed by atoms with Gasteiger partial charge in [-0.25, -0.2) is 4.79 Å². The molecule has 0 saturated carbocycles. The average Bonchev–Trinajstić information content (AvgIpc) is 2.52. The highest BCUT2D eigenvalue weighted by atomic mass is 35.5. The average molecular weight is 302 g/mol. The van der Waals surface area contributed by atoms with E-state index in [1.165, 1.54) is 13.2 Å². The maximum atomic E-state index is 11.4. The van der Waals surface area contributed by atoms with Gasteiger partial charge in [-0.1, -0.05) is 23.7 Å². The Kier molecular flexibility index (Phi) is 4.81. The van der Waals surface area contributed by atoms with Crippen molar-refractivity contribution in [3.05, 3.63) is 64.2 Å². The van der Waals surface area contributed by atoms with Crippen LogP contribution < -0.4 is 4.74 Å². The van der Waals surface area contributed by atoms with Gasteiger partial charge < -0.3 is 9.47 Å². The van der Waals surface area contributed by atoms with Crippen LogP contribution >= 0.6 is 11.6 Å². The Balaban J connectivity index is 2.17. The van der Waals surface area contributed by atoms with Crippen molar-refractivity contribution >= 4 is 17.6 Å². The summed E-state index contributed by atoms with van der Waals surface area (Å²) in [4.78, 5) is 11.4. The van der Waals surface area contributed by atoms with Gasteiger partial charge in [-0.15, -0.1) is 0 Å². The molecule has 0 bridgehead atoms. The molecule has 0 N–H and O–H groups in total. The molecule has 106 valence electrons. The number of halogens is 1. The zero-order valence-corrected chi connectivity index (χ0v) is 12.1. The minimum atomic E-state index is -0.493. The maximum Gasteiger partial charge on any atom is 0.337 e. The third kappa shape index (κ3) is 3.74. The lowest BCUT2D eigenvalue weighted by Crippen LogP contribution is -2.03. The molecule has 0 aliphatic heterocycles. The minimum Gasteiger partial charge on any atom is -0.488 e. The highest BCUT2D eigenvalue weighted by Crippen LogP contribution is 2.21. The number of methoxy groups -OCH3 is 1. The maximum absolute atomic E-state index is 11.4. The van der Waals surface area contributed by atoms with Crippen molar-refractivity contribution in [1.29, 1.82) is 5.26 Å². The van der Waals surface area contributed by atoms with Gasteiger partial charge in [0.05, 0.1) is 18.2 Å². The molecule has 0 radical (unpaired) electrons. The van der Waals surface area contributed by atoms with E-state index in [9.17, 15) is 4.79 Å². The first-order chi connectivity index (χ1) is 10.1. The van der Waals surface area contributed by atoms with Crippen molar-refractivity contribution < 1.29 is 14.3 Å². The van der Waals surface area contributed by atoms with Crippen LogP contribution in [-0.4, -0.2) is 13.1 Å². The number of carbonyl (C=O) groups is 1. The molecule has 21 heavy (non-hydrogen) atoms. The molecule has 2 rings (SSSR count). The summed E-state index contributed by atoms with van der Waals surface area (Å²) in [5.41, 5.74) is 1.48. The summed E-state index contributed by atoms with van der Waals surface area (Å²) >= 11 is 5.90. The quantitative estimate of drug-likeness (QED) is 0.810. The summed E-state index contributed by atoms with van der Waals surface area (Å²) in [7, 11) is 1.29. The fourth-order valence-electron chi connectivity index (χ4n) is 1.78. The zero-order chi connectivity index (χ0) is 15.2. The number of ether oxygens (including phenoxy) is 2. The van der Waals surface area contributed by atoms with E-state index in [2.05, 4.69) is 4.74 Å². The number of carbonyl (C=O) groups excluding carboxylic acids is 1. The number of esters is 1. The van der Waals surface area contributed by atoms with Crippen LogP contribution in [0, 0.1) is 11.3 Å². The number of hydrogen-bond acceptors (Lipinski definition) is 4. The van der Waals surface area contributed by atoms with Crippen molar-refractivity contribution in [2.45, 2.75) is 6.61 Å². The molecule has 0 aliphatic carbocycles. The molecule has 0 saturated heterocycles. The Morgan fingerprint density at radius 1 is 1.29 bits per heavy atom. The SMILES string of the molecule is COC(=O)c1ccc(OCc2cccc(Cl)c2)c(C#N)c1. The Labute approximate surface area is 127 Å². The van der Waals surface area contributed by atoms with Crippen LogP contribution in [0.15, 0.2) is 42.5 Å². The lowest BCUT2D eigenvalue weighted by Gasteiger charge is -2.09. The fourth-order valence-corrected chi connectivity index (χ4v) is 1.99. The van der Waals surface area contributed by atoms with E-state index >= 15 is 0 Å². The molecule has 0 aliphatic rings. The van der Waals surface area contributed by atoms with E-state index in [1.807, 2.05) is 18.2 Å². The van der Waals surface area contributed by atoms with Crippen LogP contribution in [0.25, 0.3) is 0 Å². The normalized spacial score (nSPS) is 9.76. The Morgan fingerprint density at radius 2 is 2.10 bits per heavy atom. The van der Waals surface area contributed by atoms with Crippen LogP contribution in [-0.2, 0) is 11.3 Å². The predicted molar refractivity (Wildman–Crippen MR) is 78.3 cm³/mol. The number of nitriles is 1. The Bertz CT molecular complexity index is 707. The molecule has 4 nitrogen and oxygen atoms in total. The summed E-state index contributed by atoms with van der Waals surface area (Å²) in [6.07, 6.45) is 0. The largest absolute Gasteiger partial charge is 0.488 e. The first-order valence-electron chi connectivity index (χ1n) is 6.13. The lowest BCUT2D eigenvalue weighted by molar-refractivity contribution is 0.0600. The van der Waals surface area contributed by atoms with E-state index in [0.29, 0.717) is 16.3 Å². The second-order valence-corrected chi connectivity index (χ2v) is 4.67. The second-order valence-electron chi connectivity index (χ2n) is 4.23. The van der Waals surface area contributed by atoms with Gasteiger partial charge in [0.25, 0.3) is 0 Å². The van der Waals surface area contributed by atoms with Gasteiger partial charge in [0.1, 0.15) is 18.4 Å². The molecular weight excluding hydrogens is 290 g/mol. The summed E-state index contributed by atoms with van der Waals surface area (Å²) in [6.45, 7) is 0.285. The molecule has 0 aromatic heterocycles. The van der Waals surface area contributed by atoms with Gasteiger partial charge in [-0.2, -0.15) is 5.26 Å². The van der Waals surface area contributed by atoms with Crippen LogP contribution in [0.5, 0.6) is 5.75 Å². The smallest absolute Gasteiger partial charge is 0.337 e. The first kappa shape index (κ1) is 14.9. The molecule has 0 unspecified atom stereocenters. The molecule has 0 fully saturated rings. The molecule has 0 amide bonds. The summed E-state index contributed by atoms with van der Waals surface area (Å²) in [5.74, 6) is -0.0852. The van der Waals surface area contributed by atoms with Crippen molar-refractivity contribution in [2.24, 2.45) is 0 Å². The van der Waals surface area contributed by atoms with Gasteiger partial charge in [0, 0.05) is 5.02 Å². The van der Waals surface area contributed by atoms with Crippen molar-refractivity contribution in [3.63, 3.8) is 0 Å². The second kappa shape index (κ2) is 6.78. The minimum absolute atomic E-state index is 0.278. The van der Waals surface area contributed by atoms with Gasteiger partial charge in [0.15, 0.2) is 0 Å². The van der Waals surface area contributed by atoms with Gasteiger partial charge >= 0.3 is 5.97 Å². The number of hydrogen-bond donors (Lipinski definition) is 0. The molecule has 0 atom stereocenters. The van der Waals surface area contributed by atoms with Crippen LogP contribution in [0.3, 0.4) is 0 Å². The molecule has 2 aromatic carbocycles. The fraction of sp³-hybridized carbons (Fsp3) is 0.125. The third-order valence-corrected chi connectivity index (χ3v) is 3.04. The van der Waals surface area contributed by atoms with Crippen molar-refractivity contribution in [3.8, 4) is 11.8 Å². The van der Waals surface area contributed by atoms with Gasteiger partial charge in [0.2, 0.25) is 0 Å². The Morgan fingerprint density at radius 3 is 2.76 bits per heavy atom. The van der Waals surface area contributed by atoms with Gasteiger partial charge in [-0.05, 0) is 35.9 Å². The topological polar surface area (TPSA) is 59.3 Å². The molecule has 0 spiro atoms. The highest BCUT2D eigenvalue weighted by molar-refractivity contribution is 6.30. The van der Waals surface area contributed by atoms with E-state index in [-0.39, 0.29) is 12.2 Å². The third-order valence-electron chi connectivity index (χ3n) is 2.80. The van der Waals surface area contributed by atoms with E-state index in [0.717, 1.165) is 5.56 Å². The van der Waals surface area contributed by atoms with Crippen LogP contribution in [0.2, 0.25) is 5.02 Å².